The summed E-state index contributed by atoms with van der Waals surface area (Å²) in [4.78, 5) is 17.2. The van der Waals surface area contributed by atoms with Gasteiger partial charge in [0.2, 0.25) is 0 Å². The second-order valence-electron chi connectivity index (χ2n) is 6.21. The molecule has 6 heteroatoms. The van der Waals surface area contributed by atoms with Gasteiger partial charge in [-0.1, -0.05) is 29.8 Å². The molecule has 0 unspecified atom stereocenters. The van der Waals surface area contributed by atoms with Crippen molar-refractivity contribution in [1.82, 2.24) is 4.98 Å². The summed E-state index contributed by atoms with van der Waals surface area (Å²) < 4.78 is 15.2. The molecule has 28 heavy (non-hydrogen) atoms. The molecule has 0 aliphatic carbocycles. The highest BCUT2D eigenvalue weighted by molar-refractivity contribution is 7.21. The number of hydrogen-bond acceptors (Lipinski definition) is 4. The van der Waals surface area contributed by atoms with E-state index in [4.69, 9.17) is 16.9 Å². The van der Waals surface area contributed by atoms with Gasteiger partial charge in [-0.2, -0.15) is 5.26 Å². The number of hydrogen-bond donors (Lipinski definition) is 0. The molecule has 0 bridgehead atoms. The van der Waals surface area contributed by atoms with Crippen LogP contribution in [-0.4, -0.2) is 10.8 Å². The Kier molecular flexibility index (Phi) is 4.91. The van der Waals surface area contributed by atoms with Crippen LogP contribution in [-0.2, 0) is 6.42 Å². The Morgan fingerprint density at radius 1 is 1.14 bits per heavy atom. The van der Waals surface area contributed by atoms with Crippen molar-refractivity contribution in [2.75, 3.05) is 0 Å². The number of aromatic nitrogens is 1. The minimum Gasteiger partial charge on any atom is -0.294 e. The zero-order valence-electron chi connectivity index (χ0n) is 14.4. The lowest BCUT2D eigenvalue weighted by atomic mass is 10.00. The van der Waals surface area contributed by atoms with Gasteiger partial charge in [0.15, 0.2) is 5.78 Å². The first kappa shape index (κ1) is 18.3. The maximum Gasteiger partial charge on any atom is 0.170 e. The highest BCUT2D eigenvalue weighted by Crippen LogP contribution is 2.35. The van der Waals surface area contributed by atoms with E-state index in [2.05, 4.69) is 4.98 Å². The van der Waals surface area contributed by atoms with Crippen molar-refractivity contribution in [3.05, 3.63) is 88.2 Å². The van der Waals surface area contributed by atoms with Crippen molar-refractivity contribution in [1.29, 1.82) is 5.26 Å². The van der Waals surface area contributed by atoms with Gasteiger partial charge in [0, 0.05) is 12.0 Å². The smallest absolute Gasteiger partial charge is 0.170 e. The maximum atomic E-state index is 14.1. The molecule has 4 rings (SSSR count). The Labute approximate surface area is 169 Å². The maximum absolute atomic E-state index is 14.1. The van der Waals surface area contributed by atoms with Gasteiger partial charge in [-0.15, -0.1) is 11.3 Å². The molecular weight excluding hydrogens is 395 g/mol. The van der Waals surface area contributed by atoms with E-state index >= 15 is 0 Å². The first-order valence-corrected chi connectivity index (χ1v) is 9.62. The van der Waals surface area contributed by atoms with Gasteiger partial charge in [-0.05, 0) is 48.0 Å². The number of ketones is 1. The molecular formula is C22H12ClFN2OS. The number of nitrogens with zero attached hydrogens (tertiary/aromatic N) is 2. The Hall–Kier alpha value is -3.07. The number of thiazole rings is 1. The molecule has 1 heterocycles. The molecule has 0 radical (unpaired) electrons. The van der Waals surface area contributed by atoms with Crippen molar-refractivity contribution in [2.45, 2.75) is 6.42 Å². The number of Topliss-reactive ketones (excluding diaryl/α,β-unsaturated/α-hetero) is 1. The van der Waals surface area contributed by atoms with E-state index in [0.29, 0.717) is 10.6 Å². The minimum absolute atomic E-state index is 0.0257. The number of carbonyl (C=O) groups is 1. The summed E-state index contributed by atoms with van der Waals surface area (Å²) in [5.41, 5.74) is 2.50. The fraction of sp³-hybridized carbons (Fsp3) is 0.0455. The molecule has 0 aliphatic rings. The van der Waals surface area contributed by atoms with Crippen LogP contribution in [0, 0.1) is 17.1 Å². The van der Waals surface area contributed by atoms with Gasteiger partial charge in [-0.25, -0.2) is 9.37 Å². The first-order valence-electron chi connectivity index (χ1n) is 8.42. The van der Waals surface area contributed by atoms with Crippen molar-refractivity contribution in [3.8, 4) is 16.6 Å². The lowest BCUT2D eigenvalue weighted by Crippen LogP contribution is -2.06. The highest BCUT2D eigenvalue weighted by Gasteiger charge is 2.15. The summed E-state index contributed by atoms with van der Waals surface area (Å²) in [6.45, 7) is 0. The lowest BCUT2D eigenvalue weighted by molar-refractivity contribution is 0.0989. The van der Waals surface area contributed by atoms with E-state index in [0.717, 1.165) is 26.9 Å². The van der Waals surface area contributed by atoms with Gasteiger partial charge < -0.3 is 0 Å². The zero-order valence-corrected chi connectivity index (χ0v) is 16.0. The number of para-hydroxylation sites is 1. The predicted octanol–water partition coefficient (Wildman–Crippen LogP) is 6.05. The predicted molar refractivity (Wildman–Crippen MR) is 109 cm³/mol. The molecule has 0 saturated carbocycles. The van der Waals surface area contributed by atoms with Crippen molar-refractivity contribution in [2.24, 2.45) is 0 Å². The van der Waals surface area contributed by atoms with Crippen LogP contribution in [0.3, 0.4) is 0 Å². The van der Waals surface area contributed by atoms with Gasteiger partial charge in [-0.3, -0.25) is 4.79 Å². The third-order valence-electron chi connectivity index (χ3n) is 4.32. The largest absolute Gasteiger partial charge is 0.294 e. The van der Waals surface area contributed by atoms with E-state index in [1.807, 2.05) is 36.4 Å². The van der Waals surface area contributed by atoms with E-state index < -0.39 is 5.82 Å². The van der Waals surface area contributed by atoms with Crippen LogP contribution in [0.2, 0.25) is 5.02 Å². The SMILES string of the molecule is N#Cc1ccc(C(=O)Cc2ccc(Cl)c(-c3nc4ccccc4s3)c2)c(F)c1. The molecule has 4 aromatic rings. The van der Waals surface area contributed by atoms with Crippen LogP contribution < -0.4 is 0 Å². The average molecular weight is 407 g/mol. The summed E-state index contributed by atoms with van der Waals surface area (Å²) in [6.07, 6.45) is 0.0257. The molecule has 0 atom stereocenters. The van der Waals surface area contributed by atoms with Crippen LogP contribution in [0.1, 0.15) is 21.5 Å². The van der Waals surface area contributed by atoms with Crippen molar-refractivity contribution in [3.63, 3.8) is 0 Å². The molecule has 0 N–H and O–H groups in total. The number of rotatable bonds is 4. The molecule has 0 aliphatic heterocycles. The summed E-state index contributed by atoms with van der Waals surface area (Å²) in [5.74, 6) is -1.05. The normalized spacial score (nSPS) is 10.8. The third kappa shape index (κ3) is 3.53. The highest BCUT2D eigenvalue weighted by atomic mass is 35.5. The van der Waals surface area contributed by atoms with Crippen LogP contribution in [0.5, 0.6) is 0 Å². The lowest BCUT2D eigenvalue weighted by Gasteiger charge is -2.07. The summed E-state index contributed by atoms with van der Waals surface area (Å²) in [6, 6.07) is 18.8. The number of halogens is 2. The molecule has 0 saturated heterocycles. The van der Waals surface area contributed by atoms with Crippen LogP contribution in [0.25, 0.3) is 20.8 Å². The van der Waals surface area contributed by atoms with Crippen LogP contribution in [0.4, 0.5) is 4.39 Å². The topological polar surface area (TPSA) is 53.8 Å². The van der Waals surface area contributed by atoms with E-state index in [1.165, 1.54) is 23.5 Å². The molecule has 3 aromatic carbocycles. The minimum atomic E-state index is -0.690. The average Bonchev–Trinajstić information content (AvgIpc) is 3.13. The second kappa shape index (κ2) is 7.51. The Morgan fingerprint density at radius 2 is 1.96 bits per heavy atom. The Balaban J connectivity index is 1.65. The first-order chi connectivity index (χ1) is 13.5. The van der Waals surface area contributed by atoms with E-state index in [1.54, 1.807) is 12.1 Å². The molecule has 0 amide bonds. The van der Waals surface area contributed by atoms with Gasteiger partial charge in [0.05, 0.1) is 32.4 Å². The number of nitriles is 1. The Morgan fingerprint density at radius 3 is 2.71 bits per heavy atom. The van der Waals surface area contributed by atoms with Crippen LogP contribution in [0.15, 0.2) is 60.7 Å². The summed E-state index contributed by atoms with van der Waals surface area (Å²) in [7, 11) is 0. The molecule has 0 fully saturated rings. The fourth-order valence-corrected chi connectivity index (χ4v) is 4.18. The number of fused-ring (bicyclic) bond motifs is 1. The van der Waals surface area contributed by atoms with Crippen molar-refractivity contribution < 1.29 is 9.18 Å². The second-order valence-corrected chi connectivity index (χ2v) is 7.65. The Bertz CT molecular complexity index is 1230. The fourth-order valence-electron chi connectivity index (χ4n) is 2.93. The molecule has 1 aromatic heterocycles. The van der Waals surface area contributed by atoms with Gasteiger partial charge in [0.1, 0.15) is 10.8 Å². The van der Waals surface area contributed by atoms with Gasteiger partial charge >= 0.3 is 0 Å². The molecule has 0 spiro atoms. The molecule has 136 valence electrons. The van der Waals surface area contributed by atoms with E-state index in [-0.39, 0.29) is 23.3 Å². The monoisotopic (exact) mass is 406 g/mol. The van der Waals surface area contributed by atoms with Crippen LogP contribution >= 0.6 is 22.9 Å². The third-order valence-corrected chi connectivity index (χ3v) is 5.72. The summed E-state index contributed by atoms with van der Waals surface area (Å²) in [5, 5.41) is 10.1. The number of carbonyl (C=O) groups excluding carboxylic acids is 1. The van der Waals surface area contributed by atoms with E-state index in [9.17, 15) is 9.18 Å². The zero-order chi connectivity index (χ0) is 19.7. The van der Waals surface area contributed by atoms with Gasteiger partial charge in [0.25, 0.3) is 0 Å². The standard InChI is InChI=1S/C22H12ClFN2OS/c23-17-8-6-13(11-20(27)15-7-5-14(12-25)10-18(15)24)9-16(17)22-26-19-3-1-2-4-21(19)28-22/h1-10H,11H2. The summed E-state index contributed by atoms with van der Waals surface area (Å²) >= 11 is 7.89. The molecule has 3 nitrogen and oxygen atoms in total. The quantitative estimate of drug-likeness (QED) is 0.387. The number of benzene rings is 3. The van der Waals surface area contributed by atoms with Crippen molar-refractivity contribution >= 4 is 38.9 Å².